The van der Waals surface area contributed by atoms with Crippen molar-refractivity contribution >= 4 is 16.9 Å². The number of aromatic amines is 1. The summed E-state index contributed by atoms with van der Waals surface area (Å²) in [7, 11) is 0. The predicted octanol–water partition coefficient (Wildman–Crippen LogP) is 2.96. The number of H-pyrrole nitrogens is 1. The number of carbonyl (C=O) groups is 1. The van der Waals surface area contributed by atoms with Gasteiger partial charge in [-0.05, 0) is 31.4 Å². The second-order valence-corrected chi connectivity index (χ2v) is 7.34. The Morgan fingerprint density at radius 2 is 2.27 bits per heavy atom. The summed E-state index contributed by atoms with van der Waals surface area (Å²) in [6.07, 6.45) is 3.53. The molecule has 2 aliphatic rings. The van der Waals surface area contributed by atoms with Crippen molar-refractivity contribution in [2.45, 2.75) is 38.8 Å². The van der Waals surface area contributed by atoms with Crippen LogP contribution in [0.25, 0.3) is 10.9 Å². The monoisotopic (exact) mass is 354 g/mol. The Balaban J connectivity index is 1.70. The summed E-state index contributed by atoms with van der Waals surface area (Å²) in [5, 5.41) is 11.1. The van der Waals surface area contributed by atoms with Crippen LogP contribution >= 0.6 is 0 Å². The number of hydrogen-bond donors (Lipinski definition) is 2. The van der Waals surface area contributed by atoms with Gasteiger partial charge in [0, 0.05) is 42.5 Å². The van der Waals surface area contributed by atoms with Crippen LogP contribution in [0.5, 0.6) is 0 Å². The third-order valence-corrected chi connectivity index (χ3v) is 5.93. The zero-order valence-electron chi connectivity index (χ0n) is 15.4. The summed E-state index contributed by atoms with van der Waals surface area (Å²) < 4.78 is 5.44. The number of aromatic nitrogens is 1. The first-order chi connectivity index (χ1) is 12.6. The minimum Gasteiger partial charge on any atom is -0.459 e. The average molecular weight is 354 g/mol. The number of nitrogens with zero attached hydrogens (tertiary/aromatic N) is 1. The molecule has 2 N–H and O–H groups in total. The topological polar surface area (TPSA) is 65.6 Å². The number of ether oxygens (including phenoxy) is 1. The molecule has 26 heavy (non-hydrogen) atoms. The Hall–Kier alpha value is -2.11. The van der Waals surface area contributed by atoms with E-state index in [1.807, 2.05) is 6.92 Å². The molecule has 2 aromatic rings. The quantitative estimate of drug-likeness (QED) is 0.657. The highest BCUT2D eigenvalue weighted by Gasteiger charge is 2.40. The summed E-state index contributed by atoms with van der Waals surface area (Å²) in [5.74, 6) is -0.288. The van der Waals surface area contributed by atoms with Crippen molar-refractivity contribution < 1.29 is 14.6 Å². The molecule has 2 aliphatic heterocycles. The molecule has 138 valence electrons. The minimum absolute atomic E-state index is 0.0486. The SMILES string of the molecule is C/C=C1\CN2CCc3c([nH]c4ccccc34)[C@H]2C[C@@H]1[C@H](CO)OC(C)=O. The standard InChI is InChI=1S/C21H26N2O3/c1-3-14-11-23-9-8-16-15-6-4-5-7-18(15)22-21(16)19(23)10-17(14)20(12-24)26-13(2)25/h3-7,17,19-20,22,24H,8-12H2,1-2H3/b14-3+/t17-,19+,20-/m0/s1. The molecule has 1 fully saturated rings. The maximum absolute atomic E-state index is 11.5. The Labute approximate surface area is 153 Å². The highest BCUT2D eigenvalue weighted by Crippen LogP contribution is 2.44. The number of aliphatic hydroxyl groups is 1. The number of carbonyl (C=O) groups excluding carboxylic acids is 1. The van der Waals surface area contributed by atoms with Crippen LogP contribution in [0.3, 0.4) is 0 Å². The van der Waals surface area contributed by atoms with Gasteiger partial charge in [0.15, 0.2) is 0 Å². The van der Waals surface area contributed by atoms with Gasteiger partial charge in [-0.3, -0.25) is 9.69 Å². The molecule has 0 bridgehead atoms. The number of allylic oxidation sites excluding steroid dienone is 1. The summed E-state index contributed by atoms with van der Waals surface area (Å²) in [4.78, 5) is 17.6. The lowest BCUT2D eigenvalue weighted by molar-refractivity contribution is -0.151. The van der Waals surface area contributed by atoms with E-state index in [-0.39, 0.29) is 24.5 Å². The van der Waals surface area contributed by atoms with E-state index in [0.717, 1.165) is 25.9 Å². The lowest BCUT2D eigenvalue weighted by atomic mass is 9.79. The van der Waals surface area contributed by atoms with E-state index in [1.165, 1.54) is 34.7 Å². The fourth-order valence-corrected chi connectivity index (χ4v) is 4.72. The highest BCUT2D eigenvalue weighted by atomic mass is 16.5. The molecule has 0 radical (unpaired) electrons. The van der Waals surface area contributed by atoms with Crippen molar-refractivity contribution in [2.24, 2.45) is 5.92 Å². The van der Waals surface area contributed by atoms with Gasteiger partial charge in [0.05, 0.1) is 12.6 Å². The van der Waals surface area contributed by atoms with Gasteiger partial charge in [-0.15, -0.1) is 0 Å². The largest absolute Gasteiger partial charge is 0.459 e. The van der Waals surface area contributed by atoms with E-state index in [0.29, 0.717) is 0 Å². The first-order valence-corrected chi connectivity index (χ1v) is 9.39. The average Bonchev–Trinajstić information content (AvgIpc) is 3.04. The minimum atomic E-state index is -0.476. The summed E-state index contributed by atoms with van der Waals surface area (Å²) >= 11 is 0. The third kappa shape index (κ3) is 2.85. The molecule has 0 saturated carbocycles. The van der Waals surface area contributed by atoms with Crippen LogP contribution in [0.15, 0.2) is 35.9 Å². The van der Waals surface area contributed by atoms with Gasteiger partial charge in [0.2, 0.25) is 0 Å². The van der Waals surface area contributed by atoms with Crippen LogP contribution in [0.4, 0.5) is 0 Å². The summed E-state index contributed by atoms with van der Waals surface area (Å²) in [6, 6.07) is 8.74. The predicted molar refractivity (Wildman–Crippen MR) is 101 cm³/mol. The molecule has 3 heterocycles. The van der Waals surface area contributed by atoms with Crippen molar-refractivity contribution in [1.29, 1.82) is 0 Å². The van der Waals surface area contributed by atoms with Crippen molar-refractivity contribution in [3.8, 4) is 0 Å². The molecule has 0 amide bonds. The van der Waals surface area contributed by atoms with Gasteiger partial charge in [-0.1, -0.05) is 29.8 Å². The molecule has 4 rings (SSSR count). The van der Waals surface area contributed by atoms with Crippen LogP contribution in [-0.4, -0.2) is 46.8 Å². The zero-order chi connectivity index (χ0) is 18.3. The molecule has 0 spiro atoms. The molecule has 1 aromatic heterocycles. The van der Waals surface area contributed by atoms with E-state index in [4.69, 9.17) is 4.74 Å². The van der Waals surface area contributed by atoms with E-state index >= 15 is 0 Å². The van der Waals surface area contributed by atoms with Gasteiger partial charge in [-0.25, -0.2) is 0 Å². The van der Waals surface area contributed by atoms with Crippen LogP contribution in [0.1, 0.15) is 37.6 Å². The lowest BCUT2D eigenvalue weighted by Gasteiger charge is -2.45. The second kappa shape index (κ2) is 6.89. The number of nitrogens with one attached hydrogen (secondary N) is 1. The number of fused-ring (bicyclic) bond motifs is 5. The third-order valence-electron chi connectivity index (χ3n) is 5.93. The van der Waals surface area contributed by atoms with Gasteiger partial charge in [-0.2, -0.15) is 0 Å². The lowest BCUT2D eigenvalue weighted by Crippen LogP contribution is -2.46. The van der Waals surface area contributed by atoms with Gasteiger partial charge >= 0.3 is 5.97 Å². The van der Waals surface area contributed by atoms with E-state index in [2.05, 4.69) is 40.2 Å². The zero-order valence-corrected chi connectivity index (χ0v) is 15.4. The summed E-state index contributed by atoms with van der Waals surface area (Å²) in [5.41, 5.74) is 5.14. The molecule has 1 aromatic carbocycles. The number of para-hydroxylation sites is 1. The first kappa shape index (κ1) is 17.3. The van der Waals surface area contributed by atoms with E-state index in [9.17, 15) is 9.90 Å². The maximum Gasteiger partial charge on any atom is 0.303 e. The van der Waals surface area contributed by atoms with Crippen LogP contribution in [-0.2, 0) is 16.0 Å². The highest BCUT2D eigenvalue weighted by molar-refractivity contribution is 5.85. The van der Waals surface area contributed by atoms with E-state index < -0.39 is 6.10 Å². The number of hydrogen-bond acceptors (Lipinski definition) is 4. The Kier molecular flexibility index (Phi) is 4.59. The van der Waals surface area contributed by atoms with Gasteiger partial charge in [0.25, 0.3) is 0 Å². The van der Waals surface area contributed by atoms with Crippen molar-refractivity contribution in [1.82, 2.24) is 9.88 Å². The molecule has 3 atom stereocenters. The maximum atomic E-state index is 11.5. The summed E-state index contributed by atoms with van der Waals surface area (Å²) in [6.45, 7) is 5.18. The Morgan fingerprint density at radius 3 is 3.00 bits per heavy atom. The van der Waals surface area contributed by atoms with Gasteiger partial charge in [0.1, 0.15) is 6.10 Å². The molecular weight excluding hydrogens is 328 g/mol. The molecular formula is C21H26N2O3. The number of piperidine rings is 1. The fraction of sp³-hybridized carbons (Fsp3) is 0.476. The van der Waals surface area contributed by atoms with E-state index in [1.54, 1.807) is 0 Å². The van der Waals surface area contributed by atoms with Crippen molar-refractivity contribution in [3.63, 3.8) is 0 Å². The molecule has 5 nitrogen and oxygen atoms in total. The van der Waals surface area contributed by atoms with Crippen LogP contribution < -0.4 is 0 Å². The van der Waals surface area contributed by atoms with Crippen LogP contribution in [0.2, 0.25) is 0 Å². The number of benzene rings is 1. The number of esters is 1. The fourth-order valence-electron chi connectivity index (χ4n) is 4.72. The first-order valence-electron chi connectivity index (χ1n) is 9.39. The van der Waals surface area contributed by atoms with Crippen molar-refractivity contribution in [2.75, 3.05) is 19.7 Å². The molecule has 1 saturated heterocycles. The normalized spacial score (nSPS) is 25.7. The Morgan fingerprint density at radius 1 is 1.46 bits per heavy atom. The van der Waals surface area contributed by atoms with Crippen LogP contribution in [0, 0.1) is 5.92 Å². The molecule has 0 unspecified atom stereocenters. The van der Waals surface area contributed by atoms with Gasteiger partial charge < -0.3 is 14.8 Å². The Bertz CT molecular complexity index is 854. The molecule has 0 aliphatic carbocycles. The molecule has 5 heteroatoms. The second-order valence-electron chi connectivity index (χ2n) is 7.34. The van der Waals surface area contributed by atoms with Crippen molar-refractivity contribution in [3.05, 3.63) is 47.2 Å². The smallest absolute Gasteiger partial charge is 0.303 e. The number of aliphatic hydroxyl groups excluding tert-OH is 1. The number of rotatable bonds is 3.